The average Bonchev–Trinajstić information content (AvgIpc) is 3.09. The molecule has 4 rings (SSSR count). The zero-order chi connectivity index (χ0) is 34.9. The molecule has 0 saturated heterocycles. The van der Waals surface area contributed by atoms with Crippen LogP contribution in [0.1, 0.15) is 21.5 Å². The highest BCUT2D eigenvalue weighted by Gasteiger charge is 2.51. The molecule has 0 saturated carbocycles. The Morgan fingerprint density at radius 3 is 2.17 bits per heavy atom. The maximum atomic E-state index is 14.0. The third-order valence-electron chi connectivity index (χ3n) is 7.11. The number of amides is 1. The first-order valence-corrected chi connectivity index (χ1v) is 14.4. The van der Waals surface area contributed by atoms with Gasteiger partial charge in [-0.1, -0.05) is 85.5 Å². The highest BCUT2D eigenvalue weighted by atomic mass is 19.4. The van der Waals surface area contributed by atoms with Crippen molar-refractivity contribution in [1.82, 2.24) is 14.9 Å². The third-order valence-corrected chi connectivity index (χ3v) is 7.11. The Balaban J connectivity index is 1.74. The number of alkyl halides is 3. The van der Waals surface area contributed by atoms with Crippen LogP contribution in [0.15, 0.2) is 115 Å². The Bertz CT molecular complexity index is 1800. The van der Waals surface area contributed by atoms with Crippen molar-refractivity contribution < 1.29 is 42.1 Å². The molecule has 0 aliphatic carbocycles. The first kappa shape index (κ1) is 35.3. The second kappa shape index (κ2) is 15.3. The van der Waals surface area contributed by atoms with Crippen molar-refractivity contribution in [2.24, 2.45) is 5.73 Å². The molecule has 0 spiro atoms. The van der Waals surface area contributed by atoms with Crippen LogP contribution in [-0.2, 0) is 37.8 Å². The number of nitrogens with one attached hydrogen (secondary N) is 1. The number of nitrogens with two attached hydrogens (primary N) is 1. The largest absolute Gasteiger partial charge is 0.458 e. The second-order valence-corrected chi connectivity index (χ2v) is 10.5. The van der Waals surface area contributed by atoms with E-state index >= 15 is 0 Å². The number of esters is 2. The molecule has 1 aromatic heterocycles. The highest BCUT2D eigenvalue weighted by molar-refractivity contribution is 6.05. The first-order chi connectivity index (χ1) is 22.9. The maximum Gasteiger partial charge on any atom is 0.416 e. The number of rotatable bonds is 13. The summed E-state index contributed by atoms with van der Waals surface area (Å²) in [6, 6.07) is 20.0. The number of aromatic nitrogens is 2. The van der Waals surface area contributed by atoms with Crippen LogP contribution in [0.2, 0.25) is 0 Å². The molecule has 1 heterocycles. The average molecular weight is 665 g/mol. The molecular weight excluding hydrogens is 633 g/mol. The third kappa shape index (κ3) is 8.21. The minimum atomic E-state index is -5.19. The summed E-state index contributed by atoms with van der Waals surface area (Å²) in [6.07, 6.45) is -6.29. The number of halogens is 3. The van der Waals surface area contributed by atoms with Crippen molar-refractivity contribution in [3.05, 3.63) is 137 Å². The summed E-state index contributed by atoms with van der Waals surface area (Å²) in [5, 5.41) is 12.3. The molecule has 0 bridgehead atoms. The number of aliphatic hydroxyl groups is 1. The Kier molecular flexibility index (Phi) is 11.3. The standard InChI is InChI=1S/C34H31F3N4O7/c1-2-19-47-30(44)25-15-13-23(14-16-25)21-48-32(46)33(38,41-27(42)17-18-39-29(41)24-11-7-4-8-12-24)31(45)40-26(28(43)34(35,36)37)20-22-9-5-3-6-10-22/h2-18,26,28,43H,1,19-21,38H2,(H,40,45). The van der Waals surface area contributed by atoms with Gasteiger partial charge in [0.1, 0.15) is 19.0 Å². The molecule has 3 unspecified atom stereocenters. The van der Waals surface area contributed by atoms with E-state index in [1.807, 2.05) is 0 Å². The van der Waals surface area contributed by atoms with Gasteiger partial charge in [-0.25, -0.2) is 14.6 Å². The van der Waals surface area contributed by atoms with Gasteiger partial charge in [-0.2, -0.15) is 13.2 Å². The summed E-state index contributed by atoms with van der Waals surface area (Å²) in [6.45, 7) is 2.93. The number of carbonyl (C=O) groups excluding carboxylic acids is 3. The number of aliphatic hydroxyl groups excluding tert-OH is 1. The fraction of sp³-hybridized carbons (Fsp3) is 0.206. The molecule has 14 heteroatoms. The summed E-state index contributed by atoms with van der Waals surface area (Å²) in [7, 11) is 0. The topological polar surface area (TPSA) is 163 Å². The van der Waals surface area contributed by atoms with E-state index in [-0.39, 0.29) is 23.6 Å². The quantitative estimate of drug-likeness (QED) is 0.111. The van der Waals surface area contributed by atoms with E-state index in [4.69, 9.17) is 15.2 Å². The summed E-state index contributed by atoms with van der Waals surface area (Å²) in [5.41, 5.74) is 3.40. The summed E-state index contributed by atoms with van der Waals surface area (Å²) in [5.74, 6) is -4.01. The lowest BCUT2D eigenvalue weighted by atomic mass is 9.99. The van der Waals surface area contributed by atoms with Crippen LogP contribution in [0.25, 0.3) is 11.4 Å². The molecule has 1 amide bonds. The SMILES string of the molecule is C=CCOC(=O)c1ccc(COC(=O)C(N)(C(=O)NC(Cc2ccccc2)C(O)C(F)(F)F)n2c(-c3ccccc3)nccc2=O)cc1. The minimum Gasteiger partial charge on any atom is -0.458 e. The lowest BCUT2D eigenvalue weighted by Crippen LogP contribution is -2.67. The molecule has 3 atom stereocenters. The number of benzene rings is 3. The Labute approximate surface area is 272 Å². The van der Waals surface area contributed by atoms with Crippen molar-refractivity contribution in [2.75, 3.05) is 6.61 Å². The fourth-order valence-corrected chi connectivity index (χ4v) is 4.66. The van der Waals surface area contributed by atoms with E-state index in [2.05, 4.69) is 16.9 Å². The normalized spacial score (nSPS) is 13.8. The van der Waals surface area contributed by atoms with Crippen LogP contribution < -0.4 is 16.6 Å². The predicted molar refractivity (Wildman–Crippen MR) is 167 cm³/mol. The van der Waals surface area contributed by atoms with Crippen molar-refractivity contribution in [3.63, 3.8) is 0 Å². The van der Waals surface area contributed by atoms with Gasteiger partial charge in [0.15, 0.2) is 6.10 Å². The number of carbonyl (C=O) groups is 3. The monoisotopic (exact) mass is 664 g/mol. The molecule has 11 nitrogen and oxygen atoms in total. The van der Waals surface area contributed by atoms with E-state index in [9.17, 15) is 37.5 Å². The van der Waals surface area contributed by atoms with Gasteiger partial charge in [0.25, 0.3) is 17.1 Å². The van der Waals surface area contributed by atoms with Crippen molar-refractivity contribution >= 4 is 17.8 Å². The number of hydrogen-bond acceptors (Lipinski definition) is 9. The smallest absolute Gasteiger partial charge is 0.416 e. The van der Waals surface area contributed by atoms with Crippen molar-refractivity contribution in [1.29, 1.82) is 0 Å². The van der Waals surface area contributed by atoms with E-state index in [0.717, 1.165) is 12.3 Å². The minimum absolute atomic E-state index is 0.0102. The fourth-order valence-electron chi connectivity index (χ4n) is 4.66. The summed E-state index contributed by atoms with van der Waals surface area (Å²) in [4.78, 5) is 57.5. The van der Waals surface area contributed by atoms with Crippen LogP contribution >= 0.6 is 0 Å². The van der Waals surface area contributed by atoms with Crippen LogP contribution in [0.4, 0.5) is 13.2 Å². The molecule has 4 aromatic rings. The van der Waals surface area contributed by atoms with Crippen LogP contribution in [0.5, 0.6) is 0 Å². The molecule has 0 aliphatic rings. The molecule has 3 aromatic carbocycles. The lowest BCUT2D eigenvalue weighted by molar-refractivity contribution is -0.212. The van der Waals surface area contributed by atoms with Crippen LogP contribution in [-0.4, -0.2) is 57.4 Å². The summed E-state index contributed by atoms with van der Waals surface area (Å²) >= 11 is 0. The van der Waals surface area contributed by atoms with Crippen LogP contribution in [0, 0.1) is 0 Å². The van der Waals surface area contributed by atoms with E-state index in [0.29, 0.717) is 15.7 Å². The van der Waals surface area contributed by atoms with Gasteiger partial charge >= 0.3 is 18.1 Å². The Hall–Kier alpha value is -5.60. The van der Waals surface area contributed by atoms with Gasteiger partial charge in [-0.3, -0.25) is 19.9 Å². The number of ether oxygens (including phenoxy) is 2. The predicted octanol–water partition coefficient (Wildman–Crippen LogP) is 3.26. The Morgan fingerprint density at radius 1 is 0.938 bits per heavy atom. The molecule has 250 valence electrons. The van der Waals surface area contributed by atoms with Gasteiger partial charge in [0, 0.05) is 17.8 Å². The second-order valence-electron chi connectivity index (χ2n) is 10.5. The first-order valence-electron chi connectivity index (χ1n) is 14.4. The Morgan fingerprint density at radius 2 is 1.56 bits per heavy atom. The van der Waals surface area contributed by atoms with Crippen molar-refractivity contribution in [2.45, 2.75) is 37.0 Å². The molecule has 4 N–H and O–H groups in total. The zero-order valence-corrected chi connectivity index (χ0v) is 25.3. The van der Waals surface area contributed by atoms with E-state index < -0.39 is 60.4 Å². The highest BCUT2D eigenvalue weighted by Crippen LogP contribution is 2.26. The molecular formula is C34H31F3N4O7. The van der Waals surface area contributed by atoms with E-state index in [1.165, 1.54) is 54.6 Å². The van der Waals surface area contributed by atoms with Gasteiger partial charge in [-0.05, 0) is 29.7 Å². The van der Waals surface area contributed by atoms with Gasteiger partial charge in [-0.15, -0.1) is 0 Å². The molecule has 0 aliphatic heterocycles. The van der Waals surface area contributed by atoms with Gasteiger partial charge < -0.3 is 19.9 Å². The molecule has 48 heavy (non-hydrogen) atoms. The van der Waals surface area contributed by atoms with Gasteiger partial charge in [0.05, 0.1) is 11.6 Å². The lowest BCUT2D eigenvalue weighted by Gasteiger charge is -2.33. The van der Waals surface area contributed by atoms with E-state index in [1.54, 1.807) is 36.4 Å². The molecule has 0 radical (unpaired) electrons. The summed E-state index contributed by atoms with van der Waals surface area (Å²) < 4.78 is 52.3. The van der Waals surface area contributed by atoms with Crippen molar-refractivity contribution in [3.8, 4) is 11.4 Å². The number of hydrogen-bond donors (Lipinski definition) is 3. The maximum absolute atomic E-state index is 14.0. The van der Waals surface area contributed by atoms with Crippen LogP contribution in [0.3, 0.4) is 0 Å². The van der Waals surface area contributed by atoms with Gasteiger partial charge in [0.2, 0.25) is 0 Å². The zero-order valence-electron chi connectivity index (χ0n) is 25.3. The number of nitrogens with zero attached hydrogens (tertiary/aromatic N) is 2. The molecule has 0 fully saturated rings.